The first-order valence-corrected chi connectivity index (χ1v) is 11.3. The molecule has 1 aliphatic heterocycles. The van der Waals surface area contributed by atoms with E-state index in [1.807, 2.05) is 67.3 Å². The second-order valence-electron chi connectivity index (χ2n) is 7.95. The van der Waals surface area contributed by atoms with Crippen LogP contribution in [0.2, 0.25) is 0 Å². The number of ketones is 1. The van der Waals surface area contributed by atoms with Gasteiger partial charge >= 0.3 is 0 Å². The molecule has 0 aliphatic carbocycles. The number of Topliss-reactive ketones (excluding diaryl/α,β-unsaturated/α-hetero) is 1. The average molecular weight is 480 g/mol. The predicted molar refractivity (Wildman–Crippen MR) is 126 cm³/mol. The number of rotatable bonds is 5. The van der Waals surface area contributed by atoms with Crippen LogP contribution in [-0.4, -0.2) is 58.8 Å². The third-order valence-corrected chi connectivity index (χ3v) is 6.39. The van der Waals surface area contributed by atoms with Crippen LogP contribution >= 0.6 is 15.9 Å². The Kier molecular flexibility index (Phi) is 6.39. The fourth-order valence-electron chi connectivity index (χ4n) is 4.19. The molecule has 1 aliphatic rings. The summed E-state index contributed by atoms with van der Waals surface area (Å²) in [7, 11) is 0. The van der Waals surface area contributed by atoms with E-state index in [4.69, 9.17) is 0 Å². The topological polar surface area (TPSA) is 45.6 Å². The van der Waals surface area contributed by atoms with Gasteiger partial charge in [-0.25, -0.2) is 0 Å². The highest BCUT2D eigenvalue weighted by molar-refractivity contribution is 9.10. The molecular weight excluding hydrogens is 454 g/mol. The summed E-state index contributed by atoms with van der Waals surface area (Å²) in [6, 6.07) is 19.5. The van der Waals surface area contributed by atoms with E-state index in [2.05, 4.69) is 37.5 Å². The fraction of sp³-hybridized carbons (Fsp3) is 0.280. The predicted octanol–water partition coefficient (Wildman–Crippen LogP) is 4.50. The second-order valence-corrected chi connectivity index (χ2v) is 8.87. The molecule has 1 saturated heterocycles. The van der Waals surface area contributed by atoms with Crippen molar-refractivity contribution >= 4 is 27.6 Å². The Bertz CT molecular complexity index is 1080. The Labute approximate surface area is 191 Å². The molecule has 3 aromatic rings. The van der Waals surface area contributed by atoms with Crippen molar-refractivity contribution in [2.45, 2.75) is 13.8 Å². The van der Waals surface area contributed by atoms with Crippen molar-refractivity contribution < 1.29 is 9.59 Å². The molecule has 2 heterocycles. The van der Waals surface area contributed by atoms with E-state index < -0.39 is 0 Å². The maximum atomic E-state index is 13.1. The molecular formula is C25H26BrN3O2. The van der Waals surface area contributed by atoms with Gasteiger partial charge in [-0.1, -0.05) is 34.1 Å². The molecule has 5 nitrogen and oxygen atoms in total. The zero-order valence-corrected chi connectivity index (χ0v) is 19.4. The number of para-hydroxylation sites is 1. The molecule has 1 amide bonds. The summed E-state index contributed by atoms with van der Waals surface area (Å²) in [5.74, 6) is 0.174. The van der Waals surface area contributed by atoms with Gasteiger partial charge in [-0.15, -0.1) is 0 Å². The van der Waals surface area contributed by atoms with Gasteiger partial charge in [0, 0.05) is 58.9 Å². The maximum absolute atomic E-state index is 13.1. The lowest BCUT2D eigenvalue weighted by Crippen LogP contribution is -2.49. The van der Waals surface area contributed by atoms with Crippen LogP contribution in [0.15, 0.2) is 65.1 Å². The van der Waals surface area contributed by atoms with Gasteiger partial charge in [0.2, 0.25) is 0 Å². The summed E-state index contributed by atoms with van der Waals surface area (Å²) >= 11 is 3.40. The number of hydrogen-bond acceptors (Lipinski definition) is 3. The highest BCUT2D eigenvalue weighted by Crippen LogP contribution is 2.22. The van der Waals surface area contributed by atoms with Crippen molar-refractivity contribution in [2.75, 3.05) is 32.7 Å². The van der Waals surface area contributed by atoms with Crippen LogP contribution in [0.1, 0.15) is 32.1 Å². The average Bonchev–Trinajstić information content (AvgIpc) is 3.09. The van der Waals surface area contributed by atoms with Crippen LogP contribution < -0.4 is 0 Å². The Morgan fingerprint density at radius 2 is 1.55 bits per heavy atom. The SMILES string of the molecule is Cc1cc(C(=O)CN2CCN(C(=O)c3ccc(Br)cc3)CC2)c(C)n1-c1ccccc1. The molecule has 0 spiro atoms. The van der Waals surface area contributed by atoms with E-state index in [1.54, 1.807) is 0 Å². The van der Waals surface area contributed by atoms with Crippen molar-refractivity contribution in [3.8, 4) is 5.69 Å². The van der Waals surface area contributed by atoms with Gasteiger partial charge < -0.3 is 9.47 Å². The van der Waals surface area contributed by atoms with Crippen molar-refractivity contribution in [2.24, 2.45) is 0 Å². The number of amides is 1. The van der Waals surface area contributed by atoms with Crippen molar-refractivity contribution in [1.82, 2.24) is 14.4 Å². The Morgan fingerprint density at radius 1 is 0.903 bits per heavy atom. The maximum Gasteiger partial charge on any atom is 0.253 e. The fourth-order valence-corrected chi connectivity index (χ4v) is 4.46. The van der Waals surface area contributed by atoms with Crippen LogP contribution in [0.25, 0.3) is 5.69 Å². The minimum atomic E-state index is 0.0462. The second kappa shape index (κ2) is 9.20. The molecule has 0 bridgehead atoms. The lowest BCUT2D eigenvalue weighted by atomic mass is 10.1. The Balaban J connectivity index is 1.38. The zero-order chi connectivity index (χ0) is 22.0. The minimum absolute atomic E-state index is 0.0462. The van der Waals surface area contributed by atoms with Gasteiger partial charge in [0.05, 0.1) is 6.54 Å². The number of carbonyl (C=O) groups is 2. The molecule has 6 heteroatoms. The summed E-state index contributed by atoms with van der Waals surface area (Å²) in [5, 5.41) is 0. The molecule has 1 fully saturated rings. The van der Waals surface area contributed by atoms with Crippen molar-refractivity contribution in [3.63, 3.8) is 0 Å². The zero-order valence-electron chi connectivity index (χ0n) is 17.8. The van der Waals surface area contributed by atoms with Gasteiger partial charge in [-0.05, 0) is 56.3 Å². The first-order valence-electron chi connectivity index (χ1n) is 10.5. The highest BCUT2D eigenvalue weighted by Gasteiger charge is 2.25. The molecule has 1 aromatic heterocycles. The smallest absolute Gasteiger partial charge is 0.253 e. The van der Waals surface area contributed by atoms with Gasteiger partial charge in [0.1, 0.15) is 0 Å². The highest BCUT2D eigenvalue weighted by atomic mass is 79.9. The molecule has 4 rings (SSSR count). The molecule has 0 radical (unpaired) electrons. The first-order chi connectivity index (χ1) is 14.9. The van der Waals surface area contributed by atoms with Crippen LogP contribution in [0.4, 0.5) is 0 Å². The molecule has 2 aromatic carbocycles. The first kappa shape index (κ1) is 21.5. The summed E-state index contributed by atoms with van der Waals surface area (Å²) < 4.78 is 3.08. The van der Waals surface area contributed by atoms with E-state index in [1.165, 1.54) is 0 Å². The minimum Gasteiger partial charge on any atom is -0.336 e. The van der Waals surface area contributed by atoms with Gasteiger partial charge in [0.25, 0.3) is 5.91 Å². The van der Waals surface area contributed by atoms with Crippen LogP contribution in [0.3, 0.4) is 0 Å². The Morgan fingerprint density at radius 3 is 2.19 bits per heavy atom. The van der Waals surface area contributed by atoms with Crippen LogP contribution in [0.5, 0.6) is 0 Å². The number of piperazine rings is 1. The summed E-state index contributed by atoms with van der Waals surface area (Å²) in [5.41, 5.74) is 4.56. The monoisotopic (exact) mass is 479 g/mol. The molecule has 31 heavy (non-hydrogen) atoms. The van der Waals surface area contributed by atoms with E-state index in [0.29, 0.717) is 38.3 Å². The van der Waals surface area contributed by atoms with Gasteiger partial charge in [0.15, 0.2) is 5.78 Å². The van der Waals surface area contributed by atoms with Crippen LogP contribution in [0, 0.1) is 13.8 Å². The standard InChI is InChI=1S/C25H26BrN3O2/c1-18-16-23(19(2)29(18)22-6-4-3-5-7-22)24(30)17-27-12-14-28(15-13-27)25(31)20-8-10-21(26)11-9-20/h3-11,16H,12-15,17H2,1-2H3. The van der Waals surface area contributed by atoms with E-state index >= 15 is 0 Å². The van der Waals surface area contributed by atoms with Crippen molar-refractivity contribution in [3.05, 3.63) is 87.7 Å². The number of benzene rings is 2. The molecule has 160 valence electrons. The van der Waals surface area contributed by atoms with E-state index in [9.17, 15) is 9.59 Å². The normalized spacial score (nSPS) is 14.6. The molecule has 0 atom stereocenters. The third kappa shape index (κ3) is 4.65. The summed E-state index contributed by atoms with van der Waals surface area (Å²) in [6.07, 6.45) is 0. The van der Waals surface area contributed by atoms with Gasteiger partial charge in [-0.3, -0.25) is 14.5 Å². The molecule has 0 N–H and O–H groups in total. The number of aryl methyl sites for hydroxylation is 1. The quantitative estimate of drug-likeness (QED) is 0.506. The summed E-state index contributed by atoms with van der Waals surface area (Å²) in [6.45, 7) is 7.07. The van der Waals surface area contributed by atoms with Gasteiger partial charge in [-0.2, -0.15) is 0 Å². The van der Waals surface area contributed by atoms with E-state index in [0.717, 1.165) is 27.1 Å². The number of aromatic nitrogens is 1. The molecule has 0 unspecified atom stereocenters. The van der Waals surface area contributed by atoms with Crippen LogP contribution in [-0.2, 0) is 0 Å². The third-order valence-electron chi connectivity index (χ3n) is 5.86. The summed E-state index contributed by atoms with van der Waals surface area (Å²) in [4.78, 5) is 29.8. The van der Waals surface area contributed by atoms with E-state index in [-0.39, 0.29) is 11.7 Å². The Hall–Kier alpha value is -2.70. The van der Waals surface area contributed by atoms with Crippen molar-refractivity contribution in [1.29, 1.82) is 0 Å². The lowest BCUT2D eigenvalue weighted by molar-refractivity contribution is 0.0624. The lowest BCUT2D eigenvalue weighted by Gasteiger charge is -2.34. The number of hydrogen-bond donors (Lipinski definition) is 0. The number of nitrogens with zero attached hydrogens (tertiary/aromatic N) is 3. The molecule has 0 saturated carbocycles. The largest absolute Gasteiger partial charge is 0.336 e. The number of halogens is 1. The number of carbonyl (C=O) groups excluding carboxylic acids is 2.